The van der Waals surface area contributed by atoms with Gasteiger partial charge >= 0.3 is 5.97 Å². The molecular formula is C21H25NO5S. The molecule has 2 aromatic carbocycles. The van der Waals surface area contributed by atoms with Crippen LogP contribution in [0.3, 0.4) is 0 Å². The first-order valence-corrected chi connectivity index (χ1v) is 10.9. The van der Waals surface area contributed by atoms with Crippen LogP contribution in [0, 0.1) is 0 Å². The van der Waals surface area contributed by atoms with E-state index in [2.05, 4.69) is 19.2 Å². The number of ether oxygens (including phenoxy) is 1. The van der Waals surface area contributed by atoms with Gasteiger partial charge in [0.15, 0.2) is 15.9 Å². The lowest BCUT2D eigenvalue weighted by Crippen LogP contribution is -2.30. The zero-order valence-electron chi connectivity index (χ0n) is 16.4. The van der Waals surface area contributed by atoms with Crippen LogP contribution in [0.2, 0.25) is 0 Å². The monoisotopic (exact) mass is 403 g/mol. The maximum atomic E-state index is 12.3. The first-order chi connectivity index (χ1) is 13.1. The summed E-state index contributed by atoms with van der Waals surface area (Å²) in [7, 11) is -3.34. The third kappa shape index (κ3) is 5.66. The van der Waals surface area contributed by atoms with E-state index in [-0.39, 0.29) is 10.5 Å². The minimum Gasteiger partial charge on any atom is -0.449 e. The zero-order chi connectivity index (χ0) is 20.9. The van der Waals surface area contributed by atoms with E-state index in [0.29, 0.717) is 11.6 Å². The predicted octanol–water partition coefficient (Wildman–Crippen LogP) is 3.79. The highest BCUT2D eigenvalue weighted by Crippen LogP contribution is 2.20. The van der Waals surface area contributed by atoms with Crippen molar-refractivity contribution in [2.45, 2.75) is 44.1 Å². The molecule has 0 aliphatic rings. The quantitative estimate of drug-likeness (QED) is 0.711. The van der Waals surface area contributed by atoms with Crippen LogP contribution >= 0.6 is 0 Å². The normalized spacial score (nSPS) is 13.4. The van der Waals surface area contributed by atoms with E-state index >= 15 is 0 Å². The van der Waals surface area contributed by atoms with E-state index in [1.807, 2.05) is 24.3 Å². The Kier molecular flexibility index (Phi) is 6.96. The molecule has 2 aromatic rings. The molecule has 1 amide bonds. The van der Waals surface area contributed by atoms with Crippen molar-refractivity contribution in [1.82, 2.24) is 0 Å². The van der Waals surface area contributed by atoms with Crippen molar-refractivity contribution in [2.75, 3.05) is 11.6 Å². The molecule has 0 saturated heterocycles. The van der Waals surface area contributed by atoms with Gasteiger partial charge in [-0.3, -0.25) is 4.79 Å². The number of benzene rings is 2. The molecule has 0 radical (unpaired) electrons. The Morgan fingerprint density at radius 3 is 2.07 bits per heavy atom. The number of rotatable bonds is 7. The Morgan fingerprint density at radius 2 is 1.57 bits per heavy atom. The lowest BCUT2D eigenvalue weighted by molar-refractivity contribution is -0.123. The summed E-state index contributed by atoms with van der Waals surface area (Å²) in [5, 5.41) is 2.72. The summed E-state index contributed by atoms with van der Waals surface area (Å²) in [4.78, 5) is 24.6. The topological polar surface area (TPSA) is 89.5 Å². The summed E-state index contributed by atoms with van der Waals surface area (Å²) in [6.07, 6.45) is 1.11. The van der Waals surface area contributed by atoms with Crippen LogP contribution in [-0.2, 0) is 19.4 Å². The number of nitrogens with one attached hydrogen (secondary N) is 1. The van der Waals surface area contributed by atoms with Gasteiger partial charge in [-0.15, -0.1) is 0 Å². The Hall–Kier alpha value is -2.67. The second kappa shape index (κ2) is 9.01. The highest BCUT2D eigenvalue weighted by atomic mass is 32.2. The maximum absolute atomic E-state index is 12.3. The van der Waals surface area contributed by atoms with Crippen molar-refractivity contribution in [1.29, 1.82) is 0 Å². The number of esters is 1. The van der Waals surface area contributed by atoms with Crippen LogP contribution in [0.25, 0.3) is 0 Å². The molecule has 6 nitrogen and oxygen atoms in total. The Balaban J connectivity index is 1.97. The van der Waals surface area contributed by atoms with E-state index in [0.717, 1.165) is 12.7 Å². The van der Waals surface area contributed by atoms with Crippen molar-refractivity contribution < 1.29 is 22.7 Å². The molecule has 0 spiro atoms. The van der Waals surface area contributed by atoms with E-state index in [1.165, 1.54) is 36.8 Å². The van der Waals surface area contributed by atoms with E-state index in [9.17, 15) is 18.0 Å². The van der Waals surface area contributed by atoms with Crippen molar-refractivity contribution in [3.63, 3.8) is 0 Å². The van der Waals surface area contributed by atoms with Gasteiger partial charge in [0.2, 0.25) is 0 Å². The van der Waals surface area contributed by atoms with Crippen LogP contribution in [0.1, 0.15) is 49.0 Å². The van der Waals surface area contributed by atoms with Crippen molar-refractivity contribution in [3.05, 3.63) is 59.7 Å². The number of carbonyl (C=O) groups excluding carboxylic acids is 2. The van der Waals surface area contributed by atoms with Crippen LogP contribution in [-0.4, -0.2) is 32.7 Å². The van der Waals surface area contributed by atoms with Gasteiger partial charge in [0.25, 0.3) is 5.91 Å². The second-order valence-electron chi connectivity index (χ2n) is 6.76. The number of carbonyl (C=O) groups is 2. The largest absolute Gasteiger partial charge is 0.449 e. The molecule has 0 heterocycles. The molecule has 150 valence electrons. The summed E-state index contributed by atoms with van der Waals surface area (Å²) >= 11 is 0. The lowest BCUT2D eigenvalue weighted by atomic mass is 9.99. The fraction of sp³-hybridized carbons (Fsp3) is 0.333. The first kappa shape index (κ1) is 21.6. The Labute approximate surface area is 165 Å². The average molecular weight is 404 g/mol. The molecule has 2 atom stereocenters. The number of hydrogen-bond donors (Lipinski definition) is 1. The molecule has 28 heavy (non-hydrogen) atoms. The fourth-order valence-electron chi connectivity index (χ4n) is 2.49. The molecule has 0 saturated carbocycles. The summed E-state index contributed by atoms with van der Waals surface area (Å²) < 4.78 is 28.1. The molecule has 7 heteroatoms. The van der Waals surface area contributed by atoms with E-state index in [1.54, 1.807) is 0 Å². The highest BCUT2D eigenvalue weighted by molar-refractivity contribution is 7.90. The van der Waals surface area contributed by atoms with Gasteiger partial charge < -0.3 is 10.1 Å². The van der Waals surface area contributed by atoms with Gasteiger partial charge in [0.05, 0.1) is 10.5 Å². The zero-order valence-corrected chi connectivity index (χ0v) is 17.2. The molecule has 0 aliphatic carbocycles. The van der Waals surface area contributed by atoms with Crippen LogP contribution in [0.15, 0.2) is 53.4 Å². The summed E-state index contributed by atoms with van der Waals surface area (Å²) in [5.74, 6) is -0.703. The second-order valence-corrected chi connectivity index (χ2v) is 8.78. The molecule has 1 N–H and O–H groups in total. The molecule has 0 unspecified atom stereocenters. The van der Waals surface area contributed by atoms with Crippen LogP contribution < -0.4 is 5.32 Å². The molecule has 0 aromatic heterocycles. The standard InChI is InChI=1S/C21H25NO5S/c1-5-14(2)16-6-10-18(11-7-16)22-20(23)15(3)27-21(24)17-8-12-19(13-9-17)28(4,25)26/h6-15H,5H2,1-4H3,(H,22,23)/t14-,15-/m0/s1. The molecular weight excluding hydrogens is 378 g/mol. The Morgan fingerprint density at radius 1 is 1.00 bits per heavy atom. The minimum absolute atomic E-state index is 0.107. The lowest BCUT2D eigenvalue weighted by Gasteiger charge is -2.14. The minimum atomic E-state index is -3.34. The number of amides is 1. The molecule has 0 bridgehead atoms. The Bertz CT molecular complexity index is 934. The summed E-state index contributed by atoms with van der Waals surface area (Å²) in [6.45, 7) is 5.73. The van der Waals surface area contributed by atoms with Gasteiger partial charge in [-0.1, -0.05) is 26.0 Å². The van der Waals surface area contributed by atoms with Crippen LogP contribution in [0.5, 0.6) is 0 Å². The average Bonchev–Trinajstić information content (AvgIpc) is 2.67. The van der Waals surface area contributed by atoms with E-state index in [4.69, 9.17) is 4.74 Å². The van der Waals surface area contributed by atoms with Crippen molar-refractivity contribution in [2.24, 2.45) is 0 Å². The fourth-order valence-corrected chi connectivity index (χ4v) is 3.13. The number of anilines is 1. The van der Waals surface area contributed by atoms with Crippen LogP contribution in [0.4, 0.5) is 5.69 Å². The highest BCUT2D eigenvalue weighted by Gasteiger charge is 2.19. The third-order valence-electron chi connectivity index (χ3n) is 4.53. The smallest absolute Gasteiger partial charge is 0.338 e. The third-order valence-corrected chi connectivity index (χ3v) is 5.66. The van der Waals surface area contributed by atoms with E-state index < -0.39 is 27.8 Å². The number of hydrogen-bond acceptors (Lipinski definition) is 5. The van der Waals surface area contributed by atoms with Gasteiger partial charge in [-0.05, 0) is 61.2 Å². The number of sulfone groups is 1. The first-order valence-electron chi connectivity index (χ1n) is 9.03. The molecule has 0 fully saturated rings. The van der Waals surface area contributed by atoms with Gasteiger partial charge in [-0.2, -0.15) is 0 Å². The molecule has 2 rings (SSSR count). The summed E-state index contributed by atoms with van der Waals surface area (Å²) in [5.41, 5.74) is 1.99. The maximum Gasteiger partial charge on any atom is 0.338 e. The SMILES string of the molecule is CC[C@H](C)c1ccc(NC(=O)[C@H](C)OC(=O)c2ccc(S(C)(=O)=O)cc2)cc1. The van der Waals surface area contributed by atoms with Gasteiger partial charge in [0.1, 0.15) is 0 Å². The predicted molar refractivity (Wildman–Crippen MR) is 108 cm³/mol. The summed E-state index contributed by atoms with van der Waals surface area (Å²) in [6, 6.07) is 12.9. The van der Waals surface area contributed by atoms with Gasteiger partial charge in [0, 0.05) is 11.9 Å². The molecule has 0 aliphatic heterocycles. The van der Waals surface area contributed by atoms with Crippen molar-refractivity contribution >= 4 is 27.4 Å². The van der Waals surface area contributed by atoms with Gasteiger partial charge in [-0.25, -0.2) is 13.2 Å². The van der Waals surface area contributed by atoms with Crippen molar-refractivity contribution in [3.8, 4) is 0 Å².